The van der Waals surface area contributed by atoms with E-state index in [1.54, 1.807) is 12.1 Å². The number of nitrogen functional groups attached to an aromatic ring is 1. The van der Waals surface area contributed by atoms with Crippen LogP contribution in [0.1, 0.15) is 27.0 Å². The highest BCUT2D eigenvalue weighted by molar-refractivity contribution is 6.08. The molecule has 98 valence electrons. The quantitative estimate of drug-likeness (QED) is 0.806. The predicted molar refractivity (Wildman–Crippen MR) is 79.5 cm³/mol. The lowest BCUT2D eigenvalue weighted by Gasteiger charge is -2.12. The van der Waals surface area contributed by atoms with Gasteiger partial charge < -0.3 is 11.1 Å². The first-order valence-corrected chi connectivity index (χ1v) is 6.22. The normalized spacial score (nSPS) is 10.3. The van der Waals surface area contributed by atoms with Crippen molar-refractivity contribution in [3.63, 3.8) is 0 Å². The molecule has 0 aliphatic heterocycles. The fourth-order valence-corrected chi connectivity index (χ4v) is 2.08. The molecule has 3 nitrogen and oxygen atoms in total. The summed E-state index contributed by atoms with van der Waals surface area (Å²) < 4.78 is 0. The molecule has 0 aliphatic carbocycles. The fourth-order valence-electron chi connectivity index (χ4n) is 2.08. The minimum Gasteiger partial charge on any atom is -0.398 e. The van der Waals surface area contributed by atoms with Crippen LogP contribution in [0.4, 0.5) is 11.4 Å². The van der Waals surface area contributed by atoms with Crippen molar-refractivity contribution in [2.75, 3.05) is 11.1 Å². The minimum atomic E-state index is -0.171. The third-order valence-electron chi connectivity index (χ3n) is 3.17. The van der Waals surface area contributed by atoms with Crippen molar-refractivity contribution >= 4 is 17.3 Å². The Morgan fingerprint density at radius 3 is 2.26 bits per heavy atom. The van der Waals surface area contributed by atoms with Gasteiger partial charge in [-0.25, -0.2) is 0 Å². The first-order valence-electron chi connectivity index (χ1n) is 6.22. The molecule has 0 saturated heterocycles. The van der Waals surface area contributed by atoms with Crippen molar-refractivity contribution < 1.29 is 4.79 Å². The van der Waals surface area contributed by atoms with Gasteiger partial charge in [-0.1, -0.05) is 24.3 Å². The Bertz CT molecular complexity index is 612. The summed E-state index contributed by atoms with van der Waals surface area (Å²) in [6.45, 7) is 5.89. The van der Waals surface area contributed by atoms with Crippen LogP contribution in [0, 0.1) is 20.8 Å². The summed E-state index contributed by atoms with van der Waals surface area (Å²) in [6, 6.07) is 11.4. The van der Waals surface area contributed by atoms with Gasteiger partial charge in [-0.05, 0) is 49.6 Å². The lowest BCUT2D eigenvalue weighted by molar-refractivity contribution is 0.102. The third-order valence-corrected chi connectivity index (χ3v) is 3.17. The van der Waals surface area contributed by atoms with Gasteiger partial charge in [0.15, 0.2) is 0 Å². The number of para-hydroxylation sites is 1. The topological polar surface area (TPSA) is 55.1 Å². The van der Waals surface area contributed by atoms with E-state index < -0.39 is 0 Å². The van der Waals surface area contributed by atoms with Crippen molar-refractivity contribution in [2.24, 2.45) is 0 Å². The van der Waals surface area contributed by atoms with E-state index in [0.29, 0.717) is 11.3 Å². The van der Waals surface area contributed by atoms with Crippen molar-refractivity contribution in [3.05, 3.63) is 58.7 Å². The van der Waals surface area contributed by atoms with Gasteiger partial charge in [0, 0.05) is 11.4 Å². The Morgan fingerprint density at radius 2 is 1.68 bits per heavy atom. The highest BCUT2D eigenvalue weighted by Gasteiger charge is 2.12. The van der Waals surface area contributed by atoms with E-state index in [1.165, 1.54) is 0 Å². The Kier molecular flexibility index (Phi) is 3.56. The maximum absolute atomic E-state index is 12.3. The lowest BCUT2D eigenvalue weighted by Crippen LogP contribution is -2.15. The molecule has 3 N–H and O–H groups in total. The number of hydrogen-bond acceptors (Lipinski definition) is 2. The number of amides is 1. The number of rotatable bonds is 2. The van der Waals surface area contributed by atoms with Crippen LogP contribution < -0.4 is 11.1 Å². The second-order valence-corrected chi connectivity index (χ2v) is 4.81. The summed E-state index contributed by atoms with van der Waals surface area (Å²) in [5, 5.41) is 2.94. The largest absolute Gasteiger partial charge is 0.398 e. The van der Waals surface area contributed by atoms with Crippen LogP contribution in [0.3, 0.4) is 0 Å². The average molecular weight is 254 g/mol. The summed E-state index contributed by atoms with van der Waals surface area (Å²) in [5.41, 5.74) is 10.9. The van der Waals surface area contributed by atoms with Gasteiger partial charge in [0.2, 0.25) is 0 Å². The van der Waals surface area contributed by atoms with Gasteiger partial charge in [-0.2, -0.15) is 0 Å². The summed E-state index contributed by atoms with van der Waals surface area (Å²) in [7, 11) is 0. The predicted octanol–water partition coefficient (Wildman–Crippen LogP) is 3.45. The molecule has 0 bridgehead atoms. The van der Waals surface area contributed by atoms with Crippen LogP contribution >= 0.6 is 0 Å². The molecular weight excluding hydrogens is 236 g/mol. The van der Waals surface area contributed by atoms with E-state index >= 15 is 0 Å². The standard InChI is InChI=1S/C16H18N2O/c1-10-7-8-13(14(17)9-10)16(19)18-15-11(2)5-4-6-12(15)3/h4-9H,17H2,1-3H3,(H,18,19). The van der Waals surface area contributed by atoms with Crippen molar-refractivity contribution in [1.29, 1.82) is 0 Å². The maximum atomic E-state index is 12.3. The second-order valence-electron chi connectivity index (χ2n) is 4.81. The summed E-state index contributed by atoms with van der Waals surface area (Å²) in [4.78, 5) is 12.3. The summed E-state index contributed by atoms with van der Waals surface area (Å²) in [6.07, 6.45) is 0. The Labute approximate surface area is 113 Å². The smallest absolute Gasteiger partial charge is 0.257 e. The molecule has 0 fully saturated rings. The molecule has 0 unspecified atom stereocenters. The minimum absolute atomic E-state index is 0.171. The number of aryl methyl sites for hydroxylation is 3. The van der Waals surface area contributed by atoms with E-state index in [9.17, 15) is 4.79 Å². The first kappa shape index (κ1) is 13.1. The van der Waals surface area contributed by atoms with E-state index in [2.05, 4.69) is 5.32 Å². The molecule has 0 heterocycles. The summed E-state index contributed by atoms with van der Waals surface area (Å²) in [5.74, 6) is -0.171. The van der Waals surface area contributed by atoms with Gasteiger partial charge in [0.05, 0.1) is 5.56 Å². The van der Waals surface area contributed by atoms with Gasteiger partial charge in [-0.3, -0.25) is 4.79 Å². The van der Waals surface area contributed by atoms with Crippen LogP contribution in [0.15, 0.2) is 36.4 Å². The molecule has 1 amide bonds. The molecule has 0 atom stereocenters. The molecule has 3 heteroatoms. The van der Waals surface area contributed by atoms with Crippen molar-refractivity contribution in [2.45, 2.75) is 20.8 Å². The molecule has 0 spiro atoms. The van der Waals surface area contributed by atoms with Gasteiger partial charge in [0.1, 0.15) is 0 Å². The molecule has 0 radical (unpaired) electrons. The first-order chi connectivity index (χ1) is 8.99. The Balaban J connectivity index is 2.31. The van der Waals surface area contributed by atoms with E-state index in [-0.39, 0.29) is 5.91 Å². The van der Waals surface area contributed by atoms with Crippen LogP contribution in [-0.2, 0) is 0 Å². The molecule has 0 aliphatic rings. The van der Waals surface area contributed by atoms with E-state index in [0.717, 1.165) is 22.4 Å². The number of nitrogens with two attached hydrogens (primary N) is 1. The monoisotopic (exact) mass is 254 g/mol. The van der Waals surface area contributed by atoms with Gasteiger partial charge >= 0.3 is 0 Å². The molecular formula is C16H18N2O. The SMILES string of the molecule is Cc1ccc(C(=O)Nc2c(C)cccc2C)c(N)c1. The average Bonchev–Trinajstić information content (AvgIpc) is 2.33. The Hall–Kier alpha value is -2.29. The number of nitrogens with one attached hydrogen (secondary N) is 1. The number of carbonyl (C=O) groups excluding carboxylic acids is 1. The van der Waals surface area contributed by atoms with Crippen LogP contribution in [-0.4, -0.2) is 5.91 Å². The molecule has 19 heavy (non-hydrogen) atoms. The van der Waals surface area contributed by atoms with Crippen molar-refractivity contribution in [1.82, 2.24) is 0 Å². The number of benzene rings is 2. The highest BCUT2D eigenvalue weighted by atomic mass is 16.1. The maximum Gasteiger partial charge on any atom is 0.257 e. The molecule has 0 aromatic heterocycles. The van der Waals surface area contributed by atoms with Crippen molar-refractivity contribution in [3.8, 4) is 0 Å². The molecule has 2 aromatic rings. The number of carbonyl (C=O) groups is 1. The fraction of sp³-hybridized carbons (Fsp3) is 0.188. The lowest BCUT2D eigenvalue weighted by atomic mass is 10.1. The zero-order valence-corrected chi connectivity index (χ0v) is 11.4. The molecule has 2 rings (SSSR count). The van der Waals surface area contributed by atoms with Gasteiger partial charge in [0.25, 0.3) is 5.91 Å². The van der Waals surface area contributed by atoms with Crippen LogP contribution in [0.2, 0.25) is 0 Å². The van der Waals surface area contributed by atoms with Gasteiger partial charge in [-0.15, -0.1) is 0 Å². The molecule has 0 saturated carbocycles. The molecule has 2 aromatic carbocycles. The zero-order chi connectivity index (χ0) is 14.0. The number of anilines is 2. The number of hydrogen-bond donors (Lipinski definition) is 2. The Morgan fingerprint density at radius 1 is 1.05 bits per heavy atom. The third kappa shape index (κ3) is 2.76. The van der Waals surface area contributed by atoms with Crippen LogP contribution in [0.5, 0.6) is 0 Å². The highest BCUT2D eigenvalue weighted by Crippen LogP contribution is 2.22. The summed E-state index contributed by atoms with van der Waals surface area (Å²) >= 11 is 0. The zero-order valence-electron chi connectivity index (χ0n) is 11.4. The van der Waals surface area contributed by atoms with Crippen LogP contribution in [0.25, 0.3) is 0 Å². The van der Waals surface area contributed by atoms with E-state index in [1.807, 2.05) is 45.0 Å². The van der Waals surface area contributed by atoms with E-state index in [4.69, 9.17) is 5.73 Å². The second kappa shape index (κ2) is 5.14.